The van der Waals surface area contributed by atoms with Crippen LogP contribution < -0.4 is 5.32 Å². The van der Waals surface area contributed by atoms with E-state index in [9.17, 15) is 14.9 Å². The molecule has 0 saturated heterocycles. The Balaban J connectivity index is 2.22. The molecule has 1 atom stereocenters. The quantitative estimate of drug-likeness (QED) is 0.837. The lowest BCUT2D eigenvalue weighted by atomic mass is 9.86. The summed E-state index contributed by atoms with van der Waals surface area (Å²) in [6.45, 7) is 2.16. The molecule has 2 rings (SSSR count). The highest BCUT2D eigenvalue weighted by Gasteiger charge is 2.25. The summed E-state index contributed by atoms with van der Waals surface area (Å²) in [5.74, 6) is -1.07. The lowest BCUT2D eigenvalue weighted by Crippen LogP contribution is -2.12. The number of anilines is 1. The van der Waals surface area contributed by atoms with Gasteiger partial charge in [-0.25, -0.2) is 4.79 Å². The lowest BCUT2D eigenvalue weighted by Gasteiger charge is -2.20. The van der Waals surface area contributed by atoms with E-state index in [2.05, 4.69) is 18.3 Å². The fourth-order valence-electron chi connectivity index (χ4n) is 2.51. The second-order valence-electron chi connectivity index (χ2n) is 5.00. The van der Waals surface area contributed by atoms with Gasteiger partial charge in [-0.2, -0.15) is 5.26 Å². The number of thiophene rings is 1. The van der Waals surface area contributed by atoms with E-state index in [4.69, 9.17) is 5.11 Å². The van der Waals surface area contributed by atoms with E-state index in [0.29, 0.717) is 16.5 Å². The van der Waals surface area contributed by atoms with Gasteiger partial charge in [-0.3, -0.25) is 4.79 Å². The molecule has 1 amide bonds. The van der Waals surface area contributed by atoms with Crippen molar-refractivity contribution in [1.82, 2.24) is 0 Å². The summed E-state index contributed by atoms with van der Waals surface area (Å²) < 4.78 is 0. The molecule has 110 valence electrons. The summed E-state index contributed by atoms with van der Waals surface area (Å²) in [5, 5.41) is 21.0. The number of nitriles is 1. The maximum absolute atomic E-state index is 11.7. The number of carboxylic acids is 1. The maximum Gasteiger partial charge on any atom is 0.328 e. The largest absolute Gasteiger partial charge is 0.478 e. The Morgan fingerprint density at radius 1 is 1.52 bits per heavy atom. The van der Waals surface area contributed by atoms with Crippen LogP contribution in [0.2, 0.25) is 0 Å². The predicted octanol–water partition coefficient (Wildman–Crippen LogP) is 2.71. The monoisotopic (exact) mass is 304 g/mol. The highest BCUT2D eigenvalue weighted by molar-refractivity contribution is 7.16. The van der Waals surface area contributed by atoms with Gasteiger partial charge in [0, 0.05) is 17.0 Å². The van der Waals surface area contributed by atoms with Crippen LogP contribution in [0.3, 0.4) is 0 Å². The van der Waals surface area contributed by atoms with Crippen molar-refractivity contribution in [3.8, 4) is 6.07 Å². The number of carbonyl (C=O) groups excluding carboxylic acids is 1. The number of hydrogen-bond acceptors (Lipinski definition) is 4. The fourth-order valence-corrected chi connectivity index (χ4v) is 3.82. The van der Waals surface area contributed by atoms with Gasteiger partial charge in [0.25, 0.3) is 0 Å². The van der Waals surface area contributed by atoms with Gasteiger partial charge in [-0.05, 0) is 30.7 Å². The number of carboxylic acid groups (broad SMARTS) is 1. The van der Waals surface area contributed by atoms with Crippen LogP contribution in [0.15, 0.2) is 12.2 Å². The van der Waals surface area contributed by atoms with Gasteiger partial charge in [-0.15, -0.1) is 11.3 Å². The Morgan fingerprint density at radius 3 is 2.90 bits per heavy atom. The fraction of sp³-hybridized carbons (Fsp3) is 0.400. The van der Waals surface area contributed by atoms with Crippen LogP contribution >= 0.6 is 11.3 Å². The van der Waals surface area contributed by atoms with E-state index < -0.39 is 11.9 Å². The van der Waals surface area contributed by atoms with Crippen LogP contribution in [-0.4, -0.2) is 17.0 Å². The first-order valence-corrected chi connectivity index (χ1v) is 7.63. The molecule has 6 heteroatoms. The van der Waals surface area contributed by atoms with Crippen LogP contribution in [0.5, 0.6) is 0 Å². The Labute approximate surface area is 126 Å². The predicted molar refractivity (Wildman–Crippen MR) is 80.2 cm³/mol. The summed E-state index contributed by atoms with van der Waals surface area (Å²) in [6.07, 6.45) is 5.74. The molecule has 1 aromatic heterocycles. The van der Waals surface area contributed by atoms with E-state index >= 15 is 0 Å². The van der Waals surface area contributed by atoms with Crippen LogP contribution in [-0.2, 0) is 22.4 Å². The Morgan fingerprint density at radius 2 is 2.29 bits per heavy atom. The zero-order chi connectivity index (χ0) is 15.4. The second kappa shape index (κ2) is 6.55. The molecule has 0 fully saturated rings. The number of amides is 1. The van der Waals surface area contributed by atoms with Crippen molar-refractivity contribution < 1.29 is 14.7 Å². The first-order valence-electron chi connectivity index (χ1n) is 6.81. The number of nitrogens with zero attached hydrogens (tertiary/aromatic N) is 1. The van der Waals surface area contributed by atoms with E-state index in [1.54, 1.807) is 0 Å². The molecule has 1 unspecified atom stereocenters. The molecule has 0 saturated carbocycles. The Hall–Kier alpha value is -2.13. The zero-order valence-corrected chi connectivity index (χ0v) is 12.5. The molecule has 0 spiro atoms. The number of carbonyl (C=O) groups is 2. The molecule has 0 radical (unpaired) electrons. The van der Waals surface area contributed by atoms with Crippen molar-refractivity contribution >= 4 is 28.2 Å². The van der Waals surface area contributed by atoms with Crippen LogP contribution in [0, 0.1) is 17.2 Å². The number of fused-ring (bicyclic) bond motifs is 1. The highest BCUT2D eigenvalue weighted by atomic mass is 32.1. The molecule has 1 aliphatic carbocycles. The number of nitrogens with one attached hydrogen (secondary N) is 1. The topological polar surface area (TPSA) is 90.2 Å². The molecule has 0 aromatic carbocycles. The van der Waals surface area contributed by atoms with Gasteiger partial charge in [0.1, 0.15) is 11.1 Å². The summed E-state index contributed by atoms with van der Waals surface area (Å²) in [4.78, 5) is 23.2. The number of aliphatic carboxylic acids is 1. The molecule has 21 heavy (non-hydrogen) atoms. The van der Waals surface area contributed by atoms with E-state index in [1.165, 1.54) is 16.2 Å². The summed E-state index contributed by atoms with van der Waals surface area (Å²) in [7, 11) is 0. The molecular formula is C15H16N2O3S. The van der Waals surface area contributed by atoms with Crippen molar-refractivity contribution in [3.05, 3.63) is 28.2 Å². The van der Waals surface area contributed by atoms with Crippen LogP contribution in [0.25, 0.3) is 0 Å². The van der Waals surface area contributed by atoms with Gasteiger partial charge >= 0.3 is 5.97 Å². The Bertz CT molecular complexity index is 640. The van der Waals surface area contributed by atoms with Gasteiger partial charge < -0.3 is 10.4 Å². The number of rotatable bonds is 4. The second-order valence-corrected chi connectivity index (χ2v) is 6.10. The van der Waals surface area contributed by atoms with Crippen molar-refractivity contribution in [2.75, 3.05) is 5.32 Å². The third-order valence-electron chi connectivity index (χ3n) is 3.67. The van der Waals surface area contributed by atoms with Gasteiger partial charge in [-0.1, -0.05) is 13.3 Å². The number of hydrogen-bond donors (Lipinski definition) is 2. The average molecular weight is 304 g/mol. The molecule has 0 bridgehead atoms. The van der Waals surface area contributed by atoms with Crippen molar-refractivity contribution in [2.45, 2.75) is 32.6 Å². The van der Waals surface area contributed by atoms with E-state index in [0.717, 1.165) is 43.4 Å². The third-order valence-corrected chi connectivity index (χ3v) is 4.84. The molecule has 1 heterocycles. The molecule has 1 aliphatic rings. The summed E-state index contributed by atoms with van der Waals surface area (Å²) in [5.41, 5.74) is 1.58. The van der Waals surface area contributed by atoms with Gasteiger partial charge in [0.05, 0.1) is 5.56 Å². The highest BCUT2D eigenvalue weighted by Crippen LogP contribution is 2.39. The molecule has 1 aromatic rings. The molecule has 5 nitrogen and oxygen atoms in total. The van der Waals surface area contributed by atoms with Crippen molar-refractivity contribution in [3.63, 3.8) is 0 Å². The van der Waals surface area contributed by atoms with Crippen LogP contribution in [0.1, 0.15) is 35.8 Å². The lowest BCUT2D eigenvalue weighted by molar-refractivity contribution is -0.131. The summed E-state index contributed by atoms with van der Waals surface area (Å²) >= 11 is 1.43. The van der Waals surface area contributed by atoms with Gasteiger partial charge in [0.15, 0.2) is 0 Å². The van der Waals surface area contributed by atoms with Gasteiger partial charge in [0.2, 0.25) is 5.91 Å². The standard InChI is InChI=1S/C15H16N2O3S/c1-2-9-3-4-10-11(8-16)15(21-12(10)7-9)17-13(18)5-6-14(19)20/h5-6,9H,2-4,7H2,1H3,(H,17,18)(H,19,20). The smallest absolute Gasteiger partial charge is 0.328 e. The van der Waals surface area contributed by atoms with Crippen LogP contribution in [0.4, 0.5) is 5.00 Å². The van der Waals surface area contributed by atoms with Crippen molar-refractivity contribution in [2.24, 2.45) is 5.92 Å². The van der Waals surface area contributed by atoms with E-state index in [1.807, 2.05) is 0 Å². The van der Waals surface area contributed by atoms with Crippen molar-refractivity contribution in [1.29, 1.82) is 5.26 Å². The van der Waals surface area contributed by atoms with E-state index in [-0.39, 0.29) is 0 Å². The Kier molecular flexibility index (Phi) is 4.76. The minimum absolute atomic E-state index is 0.527. The molecule has 0 aliphatic heterocycles. The SMILES string of the molecule is CCC1CCc2c(sc(NC(=O)C=CC(=O)O)c2C#N)C1. The first-order chi connectivity index (χ1) is 10.0. The maximum atomic E-state index is 11.7. The summed E-state index contributed by atoms with van der Waals surface area (Å²) in [6, 6.07) is 2.16. The third kappa shape index (κ3) is 3.50. The zero-order valence-electron chi connectivity index (χ0n) is 11.7. The minimum atomic E-state index is -1.18. The molecular weight excluding hydrogens is 288 g/mol. The average Bonchev–Trinajstić information content (AvgIpc) is 2.80. The molecule has 2 N–H and O–H groups in total. The first kappa shape index (κ1) is 15.3. The normalized spacial score (nSPS) is 17.2. The minimum Gasteiger partial charge on any atom is -0.478 e.